The van der Waals surface area contributed by atoms with Crippen LogP contribution in [0.15, 0.2) is 23.0 Å². The van der Waals surface area contributed by atoms with Crippen LogP contribution < -0.4 is 5.73 Å². The molecule has 0 aliphatic carbocycles. The molecule has 1 saturated heterocycles. The first-order chi connectivity index (χ1) is 8.31. The third kappa shape index (κ3) is 3.08. The first-order valence-corrected chi connectivity index (χ1v) is 6.05. The first kappa shape index (κ1) is 12.1. The number of hydrogen-bond donors (Lipinski definition) is 1. The summed E-state index contributed by atoms with van der Waals surface area (Å²) in [5, 5.41) is 0. The van der Waals surface area contributed by atoms with Crippen LogP contribution in [0.4, 0.5) is 0 Å². The van der Waals surface area contributed by atoms with Crippen LogP contribution in [0.2, 0.25) is 0 Å². The van der Waals surface area contributed by atoms with Gasteiger partial charge in [0.2, 0.25) is 0 Å². The largest absolute Gasteiger partial charge is 0.472 e. The fourth-order valence-electron chi connectivity index (χ4n) is 2.15. The van der Waals surface area contributed by atoms with Crippen molar-refractivity contribution in [2.45, 2.75) is 6.42 Å². The molecule has 1 aromatic rings. The highest BCUT2D eigenvalue weighted by molar-refractivity contribution is 5.93. The Morgan fingerprint density at radius 2 is 2.24 bits per heavy atom. The van der Waals surface area contributed by atoms with Gasteiger partial charge in [-0.15, -0.1) is 0 Å². The van der Waals surface area contributed by atoms with Crippen LogP contribution in [0.3, 0.4) is 0 Å². The molecule has 1 fully saturated rings. The summed E-state index contributed by atoms with van der Waals surface area (Å²) >= 11 is 0. The van der Waals surface area contributed by atoms with Gasteiger partial charge in [0.1, 0.15) is 6.26 Å². The zero-order chi connectivity index (χ0) is 12.1. The summed E-state index contributed by atoms with van der Waals surface area (Å²) in [7, 11) is 0. The van der Waals surface area contributed by atoms with Crippen molar-refractivity contribution in [1.29, 1.82) is 0 Å². The Morgan fingerprint density at radius 1 is 1.35 bits per heavy atom. The number of carbonyl (C=O) groups is 1. The van der Waals surface area contributed by atoms with E-state index in [1.165, 1.54) is 12.5 Å². The van der Waals surface area contributed by atoms with Gasteiger partial charge in [-0.3, -0.25) is 4.79 Å². The molecule has 2 rings (SSSR count). The lowest BCUT2D eigenvalue weighted by Gasteiger charge is -2.21. The fraction of sp³-hybridized carbons (Fsp3) is 0.583. The fourth-order valence-corrected chi connectivity index (χ4v) is 2.15. The van der Waals surface area contributed by atoms with E-state index in [4.69, 9.17) is 10.2 Å². The summed E-state index contributed by atoms with van der Waals surface area (Å²) in [6, 6.07) is 1.71. The summed E-state index contributed by atoms with van der Waals surface area (Å²) < 4.78 is 4.94. The lowest BCUT2D eigenvalue weighted by atomic mass is 10.3. The molecular formula is C12H19N3O2. The van der Waals surface area contributed by atoms with E-state index in [0.29, 0.717) is 12.1 Å². The van der Waals surface area contributed by atoms with Gasteiger partial charge in [-0.25, -0.2) is 0 Å². The number of rotatable bonds is 3. The normalized spacial score (nSPS) is 18.1. The molecule has 1 amide bonds. The van der Waals surface area contributed by atoms with Crippen LogP contribution in [0.25, 0.3) is 0 Å². The molecule has 0 aromatic carbocycles. The number of furan rings is 1. The maximum absolute atomic E-state index is 12.1. The molecule has 1 aromatic heterocycles. The summed E-state index contributed by atoms with van der Waals surface area (Å²) in [5.41, 5.74) is 6.18. The lowest BCUT2D eigenvalue weighted by Crippen LogP contribution is -2.36. The average molecular weight is 237 g/mol. The second-order valence-electron chi connectivity index (χ2n) is 4.29. The molecule has 5 nitrogen and oxygen atoms in total. The van der Waals surface area contributed by atoms with Crippen molar-refractivity contribution in [3.05, 3.63) is 24.2 Å². The molecule has 1 aliphatic heterocycles. The Balaban J connectivity index is 1.92. The zero-order valence-electron chi connectivity index (χ0n) is 9.97. The smallest absolute Gasteiger partial charge is 0.257 e. The Kier molecular flexibility index (Phi) is 4.17. The van der Waals surface area contributed by atoms with Gasteiger partial charge in [0.05, 0.1) is 11.8 Å². The van der Waals surface area contributed by atoms with Crippen LogP contribution in [-0.2, 0) is 0 Å². The monoisotopic (exact) mass is 237 g/mol. The van der Waals surface area contributed by atoms with E-state index in [9.17, 15) is 4.79 Å². The van der Waals surface area contributed by atoms with Gasteiger partial charge in [0.15, 0.2) is 0 Å². The molecule has 2 N–H and O–H groups in total. The summed E-state index contributed by atoms with van der Waals surface area (Å²) in [4.78, 5) is 16.3. The molecular weight excluding hydrogens is 218 g/mol. The molecule has 0 radical (unpaired) electrons. The van der Waals surface area contributed by atoms with E-state index >= 15 is 0 Å². The maximum Gasteiger partial charge on any atom is 0.257 e. The summed E-state index contributed by atoms with van der Waals surface area (Å²) in [5.74, 6) is 0.0633. The van der Waals surface area contributed by atoms with Crippen molar-refractivity contribution in [3.8, 4) is 0 Å². The van der Waals surface area contributed by atoms with E-state index in [2.05, 4.69) is 4.90 Å². The second-order valence-corrected chi connectivity index (χ2v) is 4.29. The second kappa shape index (κ2) is 5.84. The van der Waals surface area contributed by atoms with Crippen LogP contribution in [0.1, 0.15) is 16.8 Å². The highest BCUT2D eigenvalue weighted by Gasteiger charge is 2.20. The molecule has 0 atom stereocenters. The minimum Gasteiger partial charge on any atom is -0.472 e. The Bertz CT molecular complexity index is 351. The van der Waals surface area contributed by atoms with E-state index in [1.807, 2.05) is 4.90 Å². The molecule has 1 aliphatic rings. The Labute approximate surface area is 101 Å². The van der Waals surface area contributed by atoms with Crippen molar-refractivity contribution >= 4 is 5.91 Å². The quantitative estimate of drug-likeness (QED) is 0.826. The third-order valence-electron chi connectivity index (χ3n) is 3.09. The van der Waals surface area contributed by atoms with Gasteiger partial charge in [0, 0.05) is 32.7 Å². The highest BCUT2D eigenvalue weighted by atomic mass is 16.3. The van der Waals surface area contributed by atoms with Crippen molar-refractivity contribution < 1.29 is 9.21 Å². The molecule has 0 unspecified atom stereocenters. The standard InChI is InChI=1S/C12H19N3O2/c13-3-6-14-4-1-5-15(8-7-14)12(16)11-2-9-17-10-11/h2,9-10H,1,3-8,13H2. The molecule has 5 heteroatoms. The third-order valence-corrected chi connectivity index (χ3v) is 3.09. The van der Waals surface area contributed by atoms with E-state index in [-0.39, 0.29) is 5.91 Å². The van der Waals surface area contributed by atoms with E-state index < -0.39 is 0 Å². The predicted octanol–water partition coefficient (Wildman–Crippen LogP) is 0.386. The number of hydrogen-bond acceptors (Lipinski definition) is 4. The van der Waals surface area contributed by atoms with E-state index in [0.717, 1.165) is 39.1 Å². The molecule has 2 heterocycles. The van der Waals surface area contributed by atoms with Gasteiger partial charge in [-0.2, -0.15) is 0 Å². The zero-order valence-corrected chi connectivity index (χ0v) is 9.97. The topological polar surface area (TPSA) is 62.7 Å². The van der Waals surface area contributed by atoms with Gasteiger partial charge >= 0.3 is 0 Å². The van der Waals surface area contributed by atoms with Gasteiger partial charge in [-0.1, -0.05) is 0 Å². The summed E-state index contributed by atoms with van der Waals surface area (Å²) in [6.07, 6.45) is 4.04. The van der Waals surface area contributed by atoms with Gasteiger partial charge < -0.3 is 20.0 Å². The van der Waals surface area contributed by atoms with Crippen molar-refractivity contribution in [2.75, 3.05) is 39.3 Å². The van der Waals surface area contributed by atoms with Crippen LogP contribution in [-0.4, -0.2) is 55.0 Å². The number of carbonyl (C=O) groups excluding carboxylic acids is 1. The van der Waals surface area contributed by atoms with Crippen molar-refractivity contribution in [1.82, 2.24) is 9.80 Å². The molecule has 0 bridgehead atoms. The number of nitrogens with two attached hydrogens (primary N) is 1. The molecule has 17 heavy (non-hydrogen) atoms. The molecule has 94 valence electrons. The van der Waals surface area contributed by atoms with E-state index in [1.54, 1.807) is 6.07 Å². The Morgan fingerprint density at radius 3 is 2.94 bits per heavy atom. The molecule has 0 saturated carbocycles. The SMILES string of the molecule is NCCN1CCCN(C(=O)c2ccoc2)CC1. The number of amides is 1. The van der Waals surface area contributed by atoms with Crippen LogP contribution >= 0.6 is 0 Å². The number of nitrogens with zero attached hydrogens (tertiary/aromatic N) is 2. The molecule has 0 spiro atoms. The van der Waals surface area contributed by atoms with Gasteiger partial charge in [0.25, 0.3) is 5.91 Å². The van der Waals surface area contributed by atoms with Crippen LogP contribution in [0.5, 0.6) is 0 Å². The predicted molar refractivity (Wildman–Crippen MR) is 64.7 cm³/mol. The van der Waals surface area contributed by atoms with Crippen molar-refractivity contribution in [3.63, 3.8) is 0 Å². The average Bonchev–Trinajstić information content (AvgIpc) is 2.76. The first-order valence-electron chi connectivity index (χ1n) is 6.05. The van der Waals surface area contributed by atoms with Crippen molar-refractivity contribution in [2.24, 2.45) is 5.73 Å². The highest BCUT2D eigenvalue weighted by Crippen LogP contribution is 2.09. The van der Waals surface area contributed by atoms with Gasteiger partial charge in [-0.05, 0) is 19.0 Å². The lowest BCUT2D eigenvalue weighted by molar-refractivity contribution is 0.0761. The summed E-state index contributed by atoms with van der Waals surface area (Å²) in [6.45, 7) is 5.09. The van der Waals surface area contributed by atoms with Crippen LogP contribution in [0, 0.1) is 0 Å². The Hall–Kier alpha value is -1.33. The minimum absolute atomic E-state index is 0.0633. The maximum atomic E-state index is 12.1. The minimum atomic E-state index is 0.0633.